The highest BCUT2D eigenvalue weighted by molar-refractivity contribution is 7.89. The predicted octanol–water partition coefficient (Wildman–Crippen LogP) is 1.86. The average Bonchev–Trinajstić information content (AvgIpc) is 2.61. The summed E-state index contributed by atoms with van der Waals surface area (Å²) in [7, 11) is 0.381. The summed E-state index contributed by atoms with van der Waals surface area (Å²) in [5.74, 6) is 0.190. The van der Waals surface area contributed by atoms with Crippen molar-refractivity contribution in [2.75, 3.05) is 26.6 Å². The number of methoxy groups -OCH3 is 2. The molecule has 8 heteroatoms. The number of ether oxygens (including phenoxy) is 2. The topological polar surface area (TPSA) is 93.7 Å². The Morgan fingerprint density at radius 2 is 1.67 bits per heavy atom. The number of benzene rings is 2. The van der Waals surface area contributed by atoms with Gasteiger partial charge in [-0.2, -0.15) is 0 Å². The van der Waals surface area contributed by atoms with Crippen molar-refractivity contribution in [1.29, 1.82) is 0 Å². The number of carbonyl (C=O) groups excluding carboxylic acids is 1. The molecule has 0 atom stereocenters. The third-order valence-corrected chi connectivity index (χ3v) is 4.77. The highest BCUT2D eigenvalue weighted by Gasteiger charge is 2.20. The van der Waals surface area contributed by atoms with Crippen molar-refractivity contribution in [3.63, 3.8) is 0 Å². The number of para-hydroxylation sites is 2. The molecule has 1 amide bonds. The zero-order valence-electron chi connectivity index (χ0n) is 13.5. The van der Waals surface area contributed by atoms with Crippen molar-refractivity contribution >= 4 is 21.6 Å². The van der Waals surface area contributed by atoms with Crippen LogP contribution in [-0.2, 0) is 10.0 Å². The Hall–Kier alpha value is -2.58. The van der Waals surface area contributed by atoms with Crippen LogP contribution in [0.15, 0.2) is 47.4 Å². The van der Waals surface area contributed by atoms with Crippen molar-refractivity contribution in [1.82, 2.24) is 4.72 Å². The van der Waals surface area contributed by atoms with Gasteiger partial charge in [-0.05, 0) is 37.4 Å². The van der Waals surface area contributed by atoms with Gasteiger partial charge >= 0.3 is 0 Å². The number of sulfonamides is 1. The number of nitrogens with one attached hydrogen (secondary N) is 2. The van der Waals surface area contributed by atoms with E-state index in [9.17, 15) is 13.2 Å². The lowest BCUT2D eigenvalue weighted by Gasteiger charge is -2.12. The molecule has 2 aromatic carbocycles. The first kappa shape index (κ1) is 17.8. The molecule has 24 heavy (non-hydrogen) atoms. The summed E-state index contributed by atoms with van der Waals surface area (Å²) >= 11 is 0. The van der Waals surface area contributed by atoms with Gasteiger partial charge in [-0.3, -0.25) is 4.79 Å². The molecule has 2 N–H and O–H groups in total. The third kappa shape index (κ3) is 3.66. The van der Waals surface area contributed by atoms with Crippen molar-refractivity contribution in [2.45, 2.75) is 4.90 Å². The summed E-state index contributed by atoms with van der Waals surface area (Å²) in [6, 6.07) is 11.1. The van der Waals surface area contributed by atoms with Gasteiger partial charge in [0.25, 0.3) is 5.91 Å². The van der Waals surface area contributed by atoms with Crippen LogP contribution in [0.2, 0.25) is 0 Å². The molecule has 0 saturated carbocycles. The van der Waals surface area contributed by atoms with Crippen LogP contribution < -0.4 is 19.5 Å². The highest BCUT2D eigenvalue weighted by atomic mass is 32.2. The summed E-state index contributed by atoms with van der Waals surface area (Å²) in [4.78, 5) is 12.3. The Labute approximate surface area is 140 Å². The van der Waals surface area contributed by atoms with Gasteiger partial charge in [0.15, 0.2) is 0 Å². The monoisotopic (exact) mass is 350 g/mol. The van der Waals surface area contributed by atoms with Crippen LogP contribution >= 0.6 is 0 Å². The first-order valence-electron chi connectivity index (χ1n) is 6.99. The molecule has 0 aromatic heterocycles. The molecular formula is C16H18N2O5S. The summed E-state index contributed by atoms with van der Waals surface area (Å²) < 4.78 is 36.6. The van der Waals surface area contributed by atoms with E-state index in [-0.39, 0.29) is 16.2 Å². The second-order valence-electron chi connectivity index (χ2n) is 4.73. The molecule has 0 bridgehead atoms. The first-order valence-corrected chi connectivity index (χ1v) is 8.47. The predicted molar refractivity (Wildman–Crippen MR) is 90.2 cm³/mol. The molecule has 0 aliphatic heterocycles. The highest BCUT2D eigenvalue weighted by Crippen LogP contribution is 2.27. The number of hydrogen-bond acceptors (Lipinski definition) is 5. The van der Waals surface area contributed by atoms with Gasteiger partial charge in [-0.1, -0.05) is 12.1 Å². The molecule has 128 valence electrons. The van der Waals surface area contributed by atoms with E-state index < -0.39 is 15.9 Å². The molecule has 0 aliphatic carbocycles. The fourth-order valence-electron chi connectivity index (χ4n) is 2.08. The zero-order chi connectivity index (χ0) is 17.7. The number of hydrogen-bond donors (Lipinski definition) is 2. The molecule has 7 nitrogen and oxygen atoms in total. The summed E-state index contributed by atoms with van der Waals surface area (Å²) in [5.41, 5.74) is 0.661. The quantitative estimate of drug-likeness (QED) is 0.829. The van der Waals surface area contributed by atoms with E-state index in [0.29, 0.717) is 11.4 Å². The van der Waals surface area contributed by atoms with E-state index >= 15 is 0 Å². The second-order valence-corrected chi connectivity index (χ2v) is 6.58. The molecule has 2 rings (SSSR count). The largest absolute Gasteiger partial charge is 0.495 e. The van der Waals surface area contributed by atoms with Gasteiger partial charge in [-0.15, -0.1) is 0 Å². The molecule has 2 aromatic rings. The Morgan fingerprint density at radius 1 is 1.00 bits per heavy atom. The van der Waals surface area contributed by atoms with Crippen LogP contribution in [0.4, 0.5) is 5.69 Å². The van der Waals surface area contributed by atoms with Gasteiger partial charge in [0.05, 0.1) is 19.9 Å². The van der Waals surface area contributed by atoms with Gasteiger partial charge in [0, 0.05) is 5.56 Å². The second kappa shape index (κ2) is 7.33. The van der Waals surface area contributed by atoms with Gasteiger partial charge in [0.1, 0.15) is 16.4 Å². The lowest BCUT2D eigenvalue weighted by Crippen LogP contribution is -2.20. The van der Waals surface area contributed by atoms with E-state index in [1.165, 1.54) is 39.5 Å². The lowest BCUT2D eigenvalue weighted by atomic mass is 10.2. The van der Waals surface area contributed by atoms with E-state index in [1.807, 2.05) is 0 Å². The Balaban J connectivity index is 2.39. The minimum atomic E-state index is -3.76. The van der Waals surface area contributed by atoms with Crippen LogP contribution in [0.5, 0.6) is 11.5 Å². The molecule has 0 unspecified atom stereocenters. The average molecular weight is 350 g/mol. The smallest absolute Gasteiger partial charge is 0.255 e. The standard InChI is InChI=1S/C16H18N2O5S/c1-17-24(20,21)15-10-11(8-9-14(15)23-3)16(19)18-12-6-4-5-7-13(12)22-2/h4-10,17H,1-3H3,(H,18,19). The Bertz CT molecular complexity index is 849. The number of carbonyl (C=O) groups is 1. The molecule has 0 spiro atoms. The van der Waals surface area contributed by atoms with E-state index in [2.05, 4.69) is 10.0 Å². The molecule has 0 fully saturated rings. The van der Waals surface area contributed by atoms with E-state index in [1.54, 1.807) is 24.3 Å². The summed E-state index contributed by atoms with van der Waals surface area (Å²) in [6.45, 7) is 0. The summed E-state index contributed by atoms with van der Waals surface area (Å²) in [6.07, 6.45) is 0. The maximum absolute atomic E-state index is 12.4. The van der Waals surface area contributed by atoms with Crippen molar-refractivity contribution in [3.05, 3.63) is 48.0 Å². The van der Waals surface area contributed by atoms with Crippen LogP contribution in [0.25, 0.3) is 0 Å². The van der Waals surface area contributed by atoms with Crippen molar-refractivity contribution < 1.29 is 22.7 Å². The molecule has 0 heterocycles. The fourth-order valence-corrected chi connectivity index (χ4v) is 3.00. The van der Waals surface area contributed by atoms with Crippen molar-refractivity contribution in [3.8, 4) is 11.5 Å². The van der Waals surface area contributed by atoms with E-state index in [0.717, 1.165) is 0 Å². The Morgan fingerprint density at radius 3 is 2.29 bits per heavy atom. The van der Waals surface area contributed by atoms with Gasteiger partial charge in [0.2, 0.25) is 10.0 Å². The minimum Gasteiger partial charge on any atom is -0.495 e. The van der Waals surface area contributed by atoms with E-state index in [4.69, 9.17) is 9.47 Å². The van der Waals surface area contributed by atoms with Crippen molar-refractivity contribution in [2.24, 2.45) is 0 Å². The SMILES string of the molecule is CNS(=O)(=O)c1cc(C(=O)Nc2ccccc2OC)ccc1OC. The molecule has 0 aliphatic rings. The zero-order valence-corrected chi connectivity index (χ0v) is 14.3. The van der Waals surface area contributed by atoms with Crippen LogP contribution in [0.1, 0.15) is 10.4 Å². The molecule has 0 radical (unpaired) electrons. The van der Waals surface area contributed by atoms with Crippen LogP contribution in [-0.4, -0.2) is 35.6 Å². The lowest BCUT2D eigenvalue weighted by molar-refractivity contribution is 0.102. The Kier molecular flexibility index (Phi) is 5.42. The van der Waals surface area contributed by atoms with Crippen LogP contribution in [0.3, 0.4) is 0 Å². The maximum Gasteiger partial charge on any atom is 0.255 e. The van der Waals surface area contributed by atoms with Crippen LogP contribution in [0, 0.1) is 0 Å². The number of rotatable bonds is 6. The summed E-state index contributed by atoms with van der Waals surface area (Å²) in [5, 5.41) is 2.69. The fraction of sp³-hybridized carbons (Fsp3) is 0.188. The third-order valence-electron chi connectivity index (χ3n) is 3.34. The first-order chi connectivity index (χ1) is 11.4. The number of amides is 1. The minimum absolute atomic E-state index is 0.111. The van der Waals surface area contributed by atoms with Gasteiger partial charge < -0.3 is 14.8 Å². The normalized spacial score (nSPS) is 11.0. The molecular weight excluding hydrogens is 332 g/mol. The molecule has 0 saturated heterocycles. The maximum atomic E-state index is 12.4. The van der Waals surface area contributed by atoms with Gasteiger partial charge in [-0.25, -0.2) is 13.1 Å². The number of anilines is 1.